The van der Waals surface area contributed by atoms with E-state index in [-0.39, 0.29) is 12.0 Å². The number of hydrogen-bond donors (Lipinski definition) is 0. The molecule has 0 spiro atoms. The lowest BCUT2D eigenvalue weighted by molar-refractivity contribution is -0.128. The Morgan fingerprint density at radius 2 is 1.80 bits per heavy atom. The minimum absolute atomic E-state index is 0.00931. The van der Waals surface area contributed by atoms with E-state index in [1.54, 1.807) is 7.11 Å². The molecule has 0 fully saturated rings. The van der Waals surface area contributed by atoms with Crippen LogP contribution in [0.25, 0.3) is 0 Å². The molecule has 0 aliphatic rings. The summed E-state index contributed by atoms with van der Waals surface area (Å²) in [5.74, 6) is 0.399. The van der Waals surface area contributed by atoms with Crippen LogP contribution in [-0.4, -0.2) is 43.5 Å². The Labute approximate surface area is 93.8 Å². The SMILES string of the molecule is COCC[C@H](C(=O)C(C)C)N(C)C(C)C. The zero-order valence-corrected chi connectivity index (χ0v) is 10.9. The molecule has 0 rings (SSSR count). The van der Waals surface area contributed by atoms with E-state index in [0.29, 0.717) is 18.4 Å². The molecule has 3 nitrogen and oxygen atoms in total. The number of carbonyl (C=O) groups excluding carboxylic acids is 1. The van der Waals surface area contributed by atoms with Crippen LogP contribution in [-0.2, 0) is 9.53 Å². The van der Waals surface area contributed by atoms with Gasteiger partial charge in [0.2, 0.25) is 0 Å². The van der Waals surface area contributed by atoms with Gasteiger partial charge in [-0.25, -0.2) is 0 Å². The van der Waals surface area contributed by atoms with E-state index in [1.165, 1.54) is 0 Å². The molecule has 0 aliphatic heterocycles. The van der Waals surface area contributed by atoms with Crippen molar-refractivity contribution in [1.29, 1.82) is 0 Å². The standard InChI is InChI=1S/C12H25NO2/c1-9(2)12(14)11(7-8-15-6)13(5)10(3)4/h9-11H,7-8H2,1-6H3/t11-/m1/s1. The van der Waals surface area contributed by atoms with Gasteiger partial charge in [-0.15, -0.1) is 0 Å². The molecule has 0 heterocycles. The van der Waals surface area contributed by atoms with Crippen LogP contribution in [0.15, 0.2) is 0 Å². The Kier molecular flexibility index (Phi) is 6.77. The van der Waals surface area contributed by atoms with Crippen molar-refractivity contribution in [3.05, 3.63) is 0 Å². The number of Topliss-reactive ketones (excluding diaryl/α,β-unsaturated/α-hetero) is 1. The van der Waals surface area contributed by atoms with E-state index in [4.69, 9.17) is 4.74 Å². The van der Waals surface area contributed by atoms with Crippen LogP contribution in [0.1, 0.15) is 34.1 Å². The molecule has 0 aliphatic carbocycles. The summed E-state index contributed by atoms with van der Waals surface area (Å²) in [5, 5.41) is 0. The maximum absolute atomic E-state index is 12.0. The van der Waals surface area contributed by atoms with Crippen LogP contribution in [0.3, 0.4) is 0 Å². The summed E-state index contributed by atoms with van der Waals surface area (Å²) in [6.07, 6.45) is 0.780. The number of methoxy groups -OCH3 is 1. The fourth-order valence-corrected chi connectivity index (χ4v) is 1.52. The second-order valence-corrected chi connectivity index (χ2v) is 4.61. The van der Waals surface area contributed by atoms with Crippen molar-refractivity contribution in [2.45, 2.75) is 46.2 Å². The molecule has 0 aromatic rings. The summed E-state index contributed by atoms with van der Waals surface area (Å²) in [4.78, 5) is 14.1. The zero-order valence-electron chi connectivity index (χ0n) is 10.9. The van der Waals surface area contributed by atoms with Crippen LogP contribution in [0.5, 0.6) is 0 Å². The monoisotopic (exact) mass is 215 g/mol. The number of rotatable bonds is 7. The average molecular weight is 215 g/mol. The minimum atomic E-state index is -0.00931. The number of nitrogens with zero attached hydrogens (tertiary/aromatic N) is 1. The first-order valence-electron chi connectivity index (χ1n) is 5.66. The topological polar surface area (TPSA) is 29.5 Å². The van der Waals surface area contributed by atoms with Gasteiger partial charge < -0.3 is 4.74 Å². The second-order valence-electron chi connectivity index (χ2n) is 4.61. The Hall–Kier alpha value is -0.410. The Morgan fingerprint density at radius 1 is 1.27 bits per heavy atom. The van der Waals surface area contributed by atoms with Crippen molar-refractivity contribution in [2.75, 3.05) is 20.8 Å². The second kappa shape index (κ2) is 6.96. The first-order valence-corrected chi connectivity index (χ1v) is 5.66. The van der Waals surface area contributed by atoms with Crippen molar-refractivity contribution in [1.82, 2.24) is 4.90 Å². The molecule has 0 unspecified atom stereocenters. The van der Waals surface area contributed by atoms with Gasteiger partial charge in [-0.3, -0.25) is 9.69 Å². The average Bonchev–Trinajstić information content (AvgIpc) is 2.17. The summed E-state index contributed by atoms with van der Waals surface area (Å²) >= 11 is 0. The van der Waals surface area contributed by atoms with E-state index >= 15 is 0 Å². The molecule has 15 heavy (non-hydrogen) atoms. The maximum Gasteiger partial charge on any atom is 0.152 e. The van der Waals surface area contributed by atoms with Gasteiger partial charge in [0.05, 0.1) is 6.04 Å². The van der Waals surface area contributed by atoms with Gasteiger partial charge in [-0.1, -0.05) is 13.8 Å². The Balaban J connectivity index is 4.49. The van der Waals surface area contributed by atoms with Gasteiger partial charge >= 0.3 is 0 Å². The summed E-state index contributed by atoms with van der Waals surface area (Å²) in [7, 11) is 3.68. The predicted molar refractivity (Wildman–Crippen MR) is 63.0 cm³/mol. The molecule has 0 aromatic heterocycles. The largest absolute Gasteiger partial charge is 0.385 e. The smallest absolute Gasteiger partial charge is 0.152 e. The van der Waals surface area contributed by atoms with E-state index in [1.807, 2.05) is 20.9 Å². The van der Waals surface area contributed by atoms with Crippen molar-refractivity contribution >= 4 is 5.78 Å². The third kappa shape index (κ3) is 4.76. The minimum Gasteiger partial charge on any atom is -0.385 e. The molecule has 1 atom stereocenters. The maximum atomic E-state index is 12.0. The number of likely N-dealkylation sites (N-methyl/N-ethyl adjacent to an activating group) is 1. The van der Waals surface area contributed by atoms with Gasteiger partial charge in [0, 0.05) is 25.7 Å². The summed E-state index contributed by atoms with van der Waals surface area (Å²) in [6.45, 7) is 8.76. The fourth-order valence-electron chi connectivity index (χ4n) is 1.52. The molecule has 0 saturated carbocycles. The van der Waals surface area contributed by atoms with Crippen LogP contribution in [0, 0.1) is 5.92 Å². The number of ether oxygens (including phenoxy) is 1. The third-order valence-electron chi connectivity index (χ3n) is 2.80. The molecule has 0 N–H and O–H groups in total. The lowest BCUT2D eigenvalue weighted by Gasteiger charge is -2.31. The highest BCUT2D eigenvalue weighted by Gasteiger charge is 2.26. The van der Waals surface area contributed by atoms with Crippen molar-refractivity contribution in [3.63, 3.8) is 0 Å². The molecule has 0 aromatic carbocycles. The fraction of sp³-hybridized carbons (Fsp3) is 0.917. The van der Waals surface area contributed by atoms with Crippen molar-refractivity contribution in [2.24, 2.45) is 5.92 Å². The predicted octanol–water partition coefficient (Wildman–Crippen LogP) is 1.96. The summed E-state index contributed by atoms with van der Waals surface area (Å²) in [5.41, 5.74) is 0. The van der Waals surface area contributed by atoms with Gasteiger partial charge in [0.15, 0.2) is 5.78 Å². The molecule has 0 radical (unpaired) electrons. The molecule has 90 valence electrons. The van der Waals surface area contributed by atoms with Crippen LogP contribution in [0.4, 0.5) is 0 Å². The molecule has 0 amide bonds. The Bertz CT molecular complexity index is 190. The van der Waals surface area contributed by atoms with E-state index in [0.717, 1.165) is 6.42 Å². The number of ketones is 1. The summed E-state index contributed by atoms with van der Waals surface area (Å²) in [6, 6.07) is 0.375. The van der Waals surface area contributed by atoms with E-state index in [2.05, 4.69) is 18.7 Å². The van der Waals surface area contributed by atoms with Crippen LogP contribution >= 0.6 is 0 Å². The third-order valence-corrected chi connectivity index (χ3v) is 2.80. The molecular formula is C12H25NO2. The first-order chi connectivity index (χ1) is 6.91. The number of hydrogen-bond acceptors (Lipinski definition) is 3. The summed E-state index contributed by atoms with van der Waals surface area (Å²) < 4.78 is 5.05. The van der Waals surface area contributed by atoms with E-state index < -0.39 is 0 Å². The van der Waals surface area contributed by atoms with Crippen molar-refractivity contribution < 1.29 is 9.53 Å². The lowest BCUT2D eigenvalue weighted by Crippen LogP contribution is -2.44. The normalized spacial score (nSPS) is 13.9. The quantitative estimate of drug-likeness (QED) is 0.650. The zero-order chi connectivity index (χ0) is 12.0. The Morgan fingerprint density at radius 3 is 2.13 bits per heavy atom. The highest BCUT2D eigenvalue weighted by Crippen LogP contribution is 2.12. The molecule has 0 saturated heterocycles. The number of carbonyl (C=O) groups is 1. The van der Waals surface area contributed by atoms with Crippen LogP contribution in [0.2, 0.25) is 0 Å². The lowest BCUT2D eigenvalue weighted by atomic mass is 9.97. The van der Waals surface area contributed by atoms with Gasteiger partial charge in [0.1, 0.15) is 0 Å². The van der Waals surface area contributed by atoms with Crippen LogP contribution < -0.4 is 0 Å². The highest BCUT2D eigenvalue weighted by atomic mass is 16.5. The highest BCUT2D eigenvalue weighted by molar-refractivity contribution is 5.85. The molecule has 0 bridgehead atoms. The van der Waals surface area contributed by atoms with Gasteiger partial charge in [0.25, 0.3) is 0 Å². The molecule has 3 heteroatoms. The molecular weight excluding hydrogens is 190 g/mol. The first kappa shape index (κ1) is 14.6. The van der Waals surface area contributed by atoms with Crippen molar-refractivity contribution in [3.8, 4) is 0 Å². The van der Waals surface area contributed by atoms with Gasteiger partial charge in [-0.2, -0.15) is 0 Å². The van der Waals surface area contributed by atoms with Gasteiger partial charge in [-0.05, 0) is 27.3 Å². The van der Waals surface area contributed by atoms with E-state index in [9.17, 15) is 4.79 Å².